The highest BCUT2D eigenvalue weighted by molar-refractivity contribution is 7.80. The highest BCUT2D eigenvalue weighted by Gasteiger charge is 2.34. The second-order valence-corrected chi connectivity index (χ2v) is 4.81. The Morgan fingerprint density at radius 2 is 2.15 bits per heavy atom. The number of ether oxygens (including phenoxy) is 1. The lowest BCUT2D eigenvalue weighted by atomic mass is 10.0. The van der Waals surface area contributed by atoms with Gasteiger partial charge in [0.25, 0.3) is 5.17 Å². The summed E-state index contributed by atoms with van der Waals surface area (Å²) in [5.74, 6) is -0.177. The van der Waals surface area contributed by atoms with Crippen LogP contribution in [0.15, 0.2) is 30.0 Å². The van der Waals surface area contributed by atoms with Crippen molar-refractivity contribution < 1.29 is 14.4 Å². The van der Waals surface area contributed by atoms with E-state index in [0.29, 0.717) is 0 Å². The number of rotatable bonds is 5. The van der Waals surface area contributed by atoms with Crippen LogP contribution in [0.2, 0.25) is 0 Å². The zero-order valence-electron chi connectivity index (χ0n) is 11.6. The van der Waals surface area contributed by atoms with Gasteiger partial charge in [0.15, 0.2) is 5.76 Å². The predicted octanol–water partition coefficient (Wildman–Crippen LogP) is 3.08. The van der Waals surface area contributed by atoms with Crippen LogP contribution in [0, 0.1) is 0 Å². The Morgan fingerprint density at radius 3 is 2.80 bits per heavy atom. The van der Waals surface area contributed by atoms with Crippen molar-refractivity contribution >= 4 is 29.4 Å². The molecule has 0 unspecified atom stereocenters. The van der Waals surface area contributed by atoms with Gasteiger partial charge < -0.3 is 4.74 Å². The maximum Gasteiger partial charge on any atom is 0.321 e. The largest absolute Gasteiger partial charge is 0.424 e. The Bertz CT molecular complexity index is 554. The summed E-state index contributed by atoms with van der Waals surface area (Å²) >= 11 is 4.93. The maximum atomic E-state index is 12.0. The van der Waals surface area contributed by atoms with E-state index in [2.05, 4.69) is 13.0 Å². The zero-order chi connectivity index (χ0) is 14.5. The van der Waals surface area contributed by atoms with Crippen molar-refractivity contribution in [3.63, 3.8) is 0 Å². The van der Waals surface area contributed by atoms with Gasteiger partial charge in [-0.1, -0.05) is 37.6 Å². The minimum atomic E-state index is -0.372. The van der Waals surface area contributed by atoms with Gasteiger partial charge in [0.1, 0.15) is 0 Å². The molecule has 5 heteroatoms. The van der Waals surface area contributed by atoms with Crippen LogP contribution in [-0.4, -0.2) is 23.3 Å². The average molecular weight is 291 g/mol. The van der Waals surface area contributed by atoms with Crippen LogP contribution in [0.5, 0.6) is 0 Å². The average Bonchev–Trinajstić information content (AvgIpc) is 2.72. The van der Waals surface area contributed by atoms with Crippen LogP contribution < -0.4 is 0 Å². The Labute approximate surface area is 123 Å². The third-order valence-corrected chi connectivity index (χ3v) is 3.33. The van der Waals surface area contributed by atoms with Crippen LogP contribution in [0.4, 0.5) is 0 Å². The SMILES string of the molecule is CCCCc1ccccc1C=C1OC(=S)N(OC)C1=O. The van der Waals surface area contributed by atoms with Gasteiger partial charge in [0, 0.05) is 0 Å². The first-order valence-electron chi connectivity index (χ1n) is 6.57. The van der Waals surface area contributed by atoms with E-state index < -0.39 is 0 Å². The van der Waals surface area contributed by atoms with Gasteiger partial charge in [-0.05, 0) is 42.3 Å². The standard InChI is InChI=1S/C15H17NO3S/c1-3-4-7-11-8-5-6-9-12(11)10-13-14(17)16(18-2)15(20)19-13/h5-6,8-10H,3-4,7H2,1-2H3. The van der Waals surface area contributed by atoms with E-state index in [1.165, 1.54) is 12.7 Å². The molecule has 2 rings (SSSR count). The van der Waals surface area contributed by atoms with Crippen LogP contribution in [-0.2, 0) is 20.8 Å². The molecule has 1 aromatic carbocycles. The van der Waals surface area contributed by atoms with E-state index in [9.17, 15) is 4.79 Å². The van der Waals surface area contributed by atoms with Crippen LogP contribution >= 0.6 is 12.2 Å². The maximum absolute atomic E-state index is 12.0. The summed E-state index contributed by atoms with van der Waals surface area (Å²) in [6.45, 7) is 2.15. The molecule has 0 aromatic heterocycles. The Morgan fingerprint density at radius 1 is 1.40 bits per heavy atom. The highest BCUT2D eigenvalue weighted by atomic mass is 32.1. The van der Waals surface area contributed by atoms with Gasteiger partial charge in [-0.15, -0.1) is 5.06 Å². The summed E-state index contributed by atoms with van der Waals surface area (Å²) in [5.41, 5.74) is 2.17. The first-order chi connectivity index (χ1) is 9.67. The molecule has 1 saturated heterocycles. The van der Waals surface area contributed by atoms with E-state index in [-0.39, 0.29) is 16.8 Å². The van der Waals surface area contributed by atoms with Crippen LogP contribution in [0.1, 0.15) is 30.9 Å². The number of aryl methyl sites for hydroxylation is 1. The molecule has 0 atom stereocenters. The Hall–Kier alpha value is -1.72. The van der Waals surface area contributed by atoms with Gasteiger partial charge in [-0.2, -0.15) is 0 Å². The summed E-state index contributed by atoms with van der Waals surface area (Å²) in [4.78, 5) is 16.9. The molecule has 106 valence electrons. The third-order valence-electron chi connectivity index (χ3n) is 3.08. The Balaban J connectivity index is 2.27. The second kappa shape index (κ2) is 6.63. The lowest BCUT2D eigenvalue weighted by Crippen LogP contribution is -2.26. The molecule has 20 heavy (non-hydrogen) atoms. The molecule has 4 nitrogen and oxygen atoms in total. The number of benzene rings is 1. The molecule has 0 aliphatic carbocycles. The molecular weight excluding hydrogens is 274 g/mol. The number of nitrogens with zero attached hydrogens (tertiary/aromatic N) is 1. The molecule has 1 aliphatic rings. The number of hydrogen-bond acceptors (Lipinski definition) is 4. The van der Waals surface area contributed by atoms with Gasteiger partial charge in [-0.3, -0.25) is 9.63 Å². The van der Waals surface area contributed by atoms with Crippen molar-refractivity contribution in [2.45, 2.75) is 26.2 Å². The van der Waals surface area contributed by atoms with Crippen molar-refractivity contribution in [1.82, 2.24) is 5.06 Å². The summed E-state index contributed by atoms with van der Waals surface area (Å²) in [7, 11) is 1.38. The van der Waals surface area contributed by atoms with Crippen molar-refractivity contribution in [2.75, 3.05) is 7.11 Å². The summed E-state index contributed by atoms with van der Waals surface area (Å²) < 4.78 is 5.28. The first kappa shape index (κ1) is 14.7. The first-order valence-corrected chi connectivity index (χ1v) is 6.98. The van der Waals surface area contributed by atoms with Gasteiger partial charge in [-0.25, -0.2) is 0 Å². The third kappa shape index (κ3) is 3.05. The number of amides is 1. The smallest absolute Gasteiger partial charge is 0.321 e. The molecule has 1 fully saturated rings. The van der Waals surface area contributed by atoms with E-state index in [1.54, 1.807) is 6.08 Å². The molecule has 1 aliphatic heterocycles. The molecule has 0 bridgehead atoms. The number of thiocarbonyl (C=S) groups is 1. The summed E-state index contributed by atoms with van der Waals surface area (Å²) in [5, 5.41) is 0.991. The minimum absolute atomic E-state index is 0.0230. The van der Waals surface area contributed by atoms with Crippen molar-refractivity contribution in [3.8, 4) is 0 Å². The highest BCUT2D eigenvalue weighted by Crippen LogP contribution is 2.22. The normalized spacial score (nSPS) is 16.9. The molecule has 1 heterocycles. The topological polar surface area (TPSA) is 38.8 Å². The fourth-order valence-electron chi connectivity index (χ4n) is 2.02. The van der Waals surface area contributed by atoms with Crippen molar-refractivity contribution in [1.29, 1.82) is 0 Å². The Kier molecular flexibility index (Phi) is 4.87. The number of hydroxylamine groups is 2. The zero-order valence-corrected chi connectivity index (χ0v) is 12.4. The van der Waals surface area contributed by atoms with E-state index in [1.807, 2.05) is 18.2 Å². The molecule has 0 N–H and O–H groups in total. The molecule has 0 radical (unpaired) electrons. The monoisotopic (exact) mass is 291 g/mol. The minimum Gasteiger partial charge on any atom is -0.424 e. The van der Waals surface area contributed by atoms with Gasteiger partial charge >= 0.3 is 5.91 Å². The second-order valence-electron chi connectivity index (χ2n) is 4.46. The van der Waals surface area contributed by atoms with Crippen molar-refractivity contribution in [2.24, 2.45) is 0 Å². The fraction of sp³-hybridized carbons (Fsp3) is 0.333. The summed E-state index contributed by atoms with van der Waals surface area (Å²) in [6.07, 6.45) is 4.93. The van der Waals surface area contributed by atoms with Crippen LogP contribution in [0.3, 0.4) is 0 Å². The van der Waals surface area contributed by atoms with E-state index >= 15 is 0 Å². The lowest BCUT2D eigenvalue weighted by molar-refractivity contribution is -0.148. The molecule has 1 amide bonds. The van der Waals surface area contributed by atoms with Crippen molar-refractivity contribution in [3.05, 3.63) is 41.2 Å². The van der Waals surface area contributed by atoms with E-state index in [0.717, 1.165) is 29.9 Å². The molecule has 1 aromatic rings. The molecule has 0 saturated carbocycles. The lowest BCUT2D eigenvalue weighted by Gasteiger charge is -2.06. The van der Waals surface area contributed by atoms with Gasteiger partial charge in [0.05, 0.1) is 7.11 Å². The van der Waals surface area contributed by atoms with Gasteiger partial charge in [0.2, 0.25) is 0 Å². The number of carbonyl (C=O) groups excluding carboxylic acids is 1. The quantitative estimate of drug-likeness (QED) is 0.617. The number of unbranched alkanes of at least 4 members (excludes halogenated alkanes) is 1. The number of carbonyl (C=O) groups is 1. The summed E-state index contributed by atoms with van der Waals surface area (Å²) in [6, 6.07) is 7.96. The fourth-order valence-corrected chi connectivity index (χ4v) is 2.27. The van der Waals surface area contributed by atoms with Crippen LogP contribution in [0.25, 0.3) is 6.08 Å². The predicted molar refractivity (Wildman–Crippen MR) is 80.6 cm³/mol. The number of hydrogen-bond donors (Lipinski definition) is 0. The van der Waals surface area contributed by atoms with E-state index in [4.69, 9.17) is 21.8 Å². The molecular formula is C15H17NO3S. The molecule has 0 spiro atoms.